The molecule has 6 heteroatoms. The van der Waals surface area contributed by atoms with Gasteiger partial charge in [0.1, 0.15) is 6.61 Å². The fourth-order valence-electron chi connectivity index (χ4n) is 1.68. The van der Waals surface area contributed by atoms with Crippen LogP contribution >= 0.6 is 0 Å². The number of rotatable bonds is 9. The van der Waals surface area contributed by atoms with Crippen molar-refractivity contribution in [2.24, 2.45) is 0 Å². The maximum absolute atomic E-state index is 12.2. The summed E-state index contributed by atoms with van der Waals surface area (Å²) in [6.45, 7) is 9.45. The highest BCUT2D eigenvalue weighted by molar-refractivity contribution is 7.86. The van der Waals surface area contributed by atoms with Crippen molar-refractivity contribution < 1.29 is 22.1 Å². The summed E-state index contributed by atoms with van der Waals surface area (Å²) in [6, 6.07) is 6.50. The average molecular weight is 354 g/mol. The minimum Gasteiger partial charge on any atom is -0.370 e. The topological polar surface area (TPSA) is 61.8 Å². The molecule has 0 heterocycles. The molecule has 0 N–H and O–H groups in total. The minimum atomic E-state index is -3.82. The number of terminal acetylenes is 1. The fraction of sp³-hybridized carbons (Fsp3) is 0.556. The second-order valence-electron chi connectivity index (χ2n) is 6.83. The molecule has 1 aromatic rings. The van der Waals surface area contributed by atoms with E-state index in [1.165, 1.54) is 12.1 Å². The van der Waals surface area contributed by atoms with Gasteiger partial charge in [0.2, 0.25) is 0 Å². The summed E-state index contributed by atoms with van der Waals surface area (Å²) in [5.74, 6) is 2.41. The molecule has 24 heavy (non-hydrogen) atoms. The van der Waals surface area contributed by atoms with Crippen molar-refractivity contribution in [3.8, 4) is 12.3 Å². The van der Waals surface area contributed by atoms with Gasteiger partial charge in [-0.05, 0) is 46.8 Å². The molecule has 0 aliphatic heterocycles. The van der Waals surface area contributed by atoms with Crippen LogP contribution < -0.4 is 0 Å². The van der Waals surface area contributed by atoms with Crippen molar-refractivity contribution in [3.05, 3.63) is 29.8 Å². The Bertz CT molecular complexity index is 666. The van der Waals surface area contributed by atoms with Crippen LogP contribution in [0.3, 0.4) is 0 Å². The maximum Gasteiger partial charge on any atom is 0.297 e. The van der Waals surface area contributed by atoms with Crippen molar-refractivity contribution >= 4 is 10.1 Å². The maximum atomic E-state index is 12.2. The molecule has 0 fully saturated rings. The first kappa shape index (κ1) is 20.7. The molecule has 0 saturated carbocycles. The van der Waals surface area contributed by atoms with E-state index in [4.69, 9.17) is 20.1 Å². The zero-order valence-electron chi connectivity index (χ0n) is 15.0. The van der Waals surface area contributed by atoms with Gasteiger partial charge in [-0.1, -0.05) is 23.6 Å². The van der Waals surface area contributed by atoms with Crippen molar-refractivity contribution in [3.63, 3.8) is 0 Å². The molecule has 0 aliphatic carbocycles. The van der Waals surface area contributed by atoms with Gasteiger partial charge < -0.3 is 9.47 Å². The Hall–Kier alpha value is -1.39. The van der Waals surface area contributed by atoms with Gasteiger partial charge in [-0.15, -0.1) is 6.42 Å². The van der Waals surface area contributed by atoms with Crippen molar-refractivity contribution in [1.29, 1.82) is 0 Å². The molecule has 1 rings (SSSR count). The molecule has 0 atom stereocenters. The molecule has 0 bridgehead atoms. The SMILES string of the molecule is C#CCOC(C)(C)COC(C)(C)COS(=O)(=O)c1ccc(C)cc1. The van der Waals surface area contributed by atoms with Gasteiger partial charge in [0, 0.05) is 0 Å². The first-order valence-corrected chi connectivity index (χ1v) is 9.06. The minimum absolute atomic E-state index is 0.103. The lowest BCUT2D eigenvalue weighted by molar-refractivity contribution is -0.123. The lowest BCUT2D eigenvalue weighted by Crippen LogP contribution is -2.39. The molecule has 134 valence electrons. The van der Waals surface area contributed by atoms with E-state index >= 15 is 0 Å². The molecule has 0 radical (unpaired) electrons. The van der Waals surface area contributed by atoms with Gasteiger partial charge in [0.25, 0.3) is 10.1 Å². The van der Waals surface area contributed by atoms with Crippen LogP contribution in [0.1, 0.15) is 33.3 Å². The van der Waals surface area contributed by atoms with Gasteiger partial charge in [-0.2, -0.15) is 8.42 Å². The third-order valence-corrected chi connectivity index (χ3v) is 4.51. The molecule has 0 aliphatic rings. The molecule has 0 amide bonds. The van der Waals surface area contributed by atoms with E-state index in [0.29, 0.717) is 0 Å². The summed E-state index contributed by atoms with van der Waals surface area (Å²) in [5.41, 5.74) is -0.389. The first-order chi connectivity index (χ1) is 11.0. The van der Waals surface area contributed by atoms with Crippen LogP contribution in [0.2, 0.25) is 0 Å². The molecule has 0 aromatic heterocycles. The van der Waals surface area contributed by atoms with E-state index in [9.17, 15) is 8.42 Å². The molecular weight excluding hydrogens is 328 g/mol. The number of hydrogen-bond donors (Lipinski definition) is 0. The number of ether oxygens (including phenoxy) is 2. The number of benzene rings is 1. The second-order valence-corrected chi connectivity index (χ2v) is 8.45. The van der Waals surface area contributed by atoms with Crippen LogP contribution in [0.4, 0.5) is 0 Å². The summed E-state index contributed by atoms with van der Waals surface area (Å²) in [6.07, 6.45) is 5.18. The summed E-state index contributed by atoms with van der Waals surface area (Å²) >= 11 is 0. The van der Waals surface area contributed by atoms with Crippen LogP contribution in [0.15, 0.2) is 29.2 Å². The lowest BCUT2D eigenvalue weighted by atomic mass is 10.1. The van der Waals surface area contributed by atoms with Crippen LogP contribution in [0, 0.1) is 19.3 Å². The summed E-state index contributed by atoms with van der Waals surface area (Å²) < 4.78 is 40.8. The van der Waals surface area contributed by atoms with Gasteiger partial charge >= 0.3 is 0 Å². The van der Waals surface area contributed by atoms with Crippen molar-refractivity contribution in [2.75, 3.05) is 19.8 Å². The zero-order chi connectivity index (χ0) is 18.4. The molecule has 5 nitrogen and oxygen atoms in total. The normalized spacial score (nSPS) is 12.8. The highest BCUT2D eigenvalue weighted by Gasteiger charge is 2.28. The van der Waals surface area contributed by atoms with Gasteiger partial charge in [-0.25, -0.2) is 0 Å². The molecule has 1 aromatic carbocycles. The Balaban J connectivity index is 2.61. The van der Waals surface area contributed by atoms with Crippen LogP contribution in [0.5, 0.6) is 0 Å². The predicted molar refractivity (Wildman–Crippen MR) is 93.2 cm³/mol. The Kier molecular flexibility index (Phi) is 6.99. The Morgan fingerprint density at radius 2 is 1.54 bits per heavy atom. The van der Waals surface area contributed by atoms with Crippen LogP contribution in [-0.2, 0) is 23.8 Å². The quantitative estimate of drug-likeness (QED) is 0.504. The van der Waals surface area contributed by atoms with Crippen LogP contribution in [-0.4, -0.2) is 39.4 Å². The van der Waals surface area contributed by atoms with E-state index in [0.717, 1.165) is 5.56 Å². The van der Waals surface area contributed by atoms with Gasteiger partial charge in [0.15, 0.2) is 0 Å². The van der Waals surface area contributed by atoms with Gasteiger partial charge in [0.05, 0.1) is 29.3 Å². The fourth-order valence-corrected chi connectivity index (χ4v) is 2.73. The standard InChI is InChI=1S/C18H26O5S/c1-7-12-21-17(3,4)13-22-18(5,6)14-23-24(19,20)16-10-8-15(2)9-11-16/h1,8-11H,12-14H2,2-6H3. The summed E-state index contributed by atoms with van der Waals surface area (Å²) in [5, 5.41) is 0. The molecule has 0 saturated heterocycles. The molecule has 0 spiro atoms. The van der Waals surface area contributed by atoms with E-state index in [1.54, 1.807) is 26.0 Å². The third kappa shape index (κ3) is 7.02. The monoisotopic (exact) mass is 354 g/mol. The largest absolute Gasteiger partial charge is 0.370 e. The van der Waals surface area contributed by atoms with E-state index in [2.05, 4.69) is 5.92 Å². The second kappa shape index (κ2) is 8.13. The van der Waals surface area contributed by atoms with Crippen LogP contribution in [0.25, 0.3) is 0 Å². The first-order valence-electron chi connectivity index (χ1n) is 7.65. The molecular formula is C18H26O5S. The lowest BCUT2D eigenvalue weighted by Gasteiger charge is -2.31. The Labute approximate surface area is 145 Å². The Morgan fingerprint density at radius 3 is 2.08 bits per heavy atom. The summed E-state index contributed by atoms with van der Waals surface area (Å²) in [4.78, 5) is 0.126. The highest BCUT2D eigenvalue weighted by atomic mass is 32.2. The Morgan fingerprint density at radius 1 is 1.00 bits per heavy atom. The molecule has 0 unspecified atom stereocenters. The van der Waals surface area contributed by atoms with Crippen molar-refractivity contribution in [2.45, 2.75) is 50.7 Å². The smallest absolute Gasteiger partial charge is 0.297 e. The predicted octanol–water partition coefficient (Wildman–Crippen LogP) is 2.92. The van der Waals surface area contributed by atoms with E-state index in [1.807, 2.05) is 20.8 Å². The third-order valence-electron chi connectivity index (χ3n) is 3.23. The van der Waals surface area contributed by atoms with E-state index < -0.39 is 21.3 Å². The highest BCUT2D eigenvalue weighted by Crippen LogP contribution is 2.20. The zero-order valence-corrected chi connectivity index (χ0v) is 15.8. The number of hydrogen-bond acceptors (Lipinski definition) is 5. The van der Waals surface area contributed by atoms with Gasteiger partial charge in [-0.3, -0.25) is 4.18 Å². The summed E-state index contributed by atoms with van der Waals surface area (Å²) in [7, 11) is -3.82. The van der Waals surface area contributed by atoms with Crippen molar-refractivity contribution in [1.82, 2.24) is 0 Å². The number of aryl methyl sites for hydroxylation is 1. The van der Waals surface area contributed by atoms with E-state index in [-0.39, 0.29) is 24.7 Å². The average Bonchev–Trinajstić information content (AvgIpc) is 2.50.